The van der Waals surface area contributed by atoms with E-state index in [-0.39, 0.29) is 12.2 Å². The molecule has 0 fully saturated rings. The molecule has 0 aliphatic carbocycles. The smallest absolute Gasteiger partial charge is 0.340 e. The van der Waals surface area contributed by atoms with E-state index < -0.39 is 11.8 Å². The van der Waals surface area contributed by atoms with E-state index in [1.165, 1.54) is 19.2 Å². The van der Waals surface area contributed by atoms with Gasteiger partial charge in [0.05, 0.1) is 19.2 Å². The van der Waals surface area contributed by atoms with Crippen molar-refractivity contribution in [3.63, 3.8) is 0 Å². The quantitative estimate of drug-likeness (QED) is 0.592. The van der Waals surface area contributed by atoms with Gasteiger partial charge in [0.2, 0.25) is 0 Å². The van der Waals surface area contributed by atoms with Crippen LogP contribution >= 0.6 is 15.9 Å². The Morgan fingerprint density at radius 3 is 2.77 bits per heavy atom. The maximum atomic E-state index is 13.5. The van der Waals surface area contributed by atoms with E-state index in [0.717, 1.165) is 16.1 Å². The summed E-state index contributed by atoms with van der Waals surface area (Å²) in [6, 6.07) is 9.00. The lowest BCUT2D eigenvalue weighted by Crippen LogP contribution is -2.05. The third-order valence-corrected chi connectivity index (χ3v) is 3.67. The van der Waals surface area contributed by atoms with E-state index in [2.05, 4.69) is 25.5 Å². The van der Waals surface area contributed by atoms with Crippen LogP contribution in [-0.2, 0) is 11.3 Å². The average Bonchev–Trinajstić information content (AvgIpc) is 2.54. The van der Waals surface area contributed by atoms with Gasteiger partial charge in [-0.3, -0.25) is 0 Å². The minimum Gasteiger partial charge on any atom is -0.489 e. The Kier molecular flexibility index (Phi) is 5.12. The summed E-state index contributed by atoms with van der Waals surface area (Å²) in [6.07, 6.45) is 0. The standard InChI is InChI=1S/C16H11BrFNO3/c1-19-11-3-5-14(17)10(7-11)9-22-12-4-6-15(18)13(8-12)16(20)21-2/h3-8H,9H2,2H3. The van der Waals surface area contributed by atoms with E-state index in [9.17, 15) is 9.18 Å². The Hall–Kier alpha value is -2.39. The number of carbonyl (C=O) groups is 1. The molecule has 0 aromatic heterocycles. The minimum atomic E-state index is -0.765. The molecule has 2 rings (SSSR count). The summed E-state index contributed by atoms with van der Waals surface area (Å²) in [7, 11) is 1.18. The molecule has 0 saturated heterocycles. The molecule has 2 aromatic carbocycles. The fraction of sp³-hybridized carbons (Fsp3) is 0.125. The van der Waals surface area contributed by atoms with Gasteiger partial charge in [0.25, 0.3) is 0 Å². The molecule has 22 heavy (non-hydrogen) atoms. The Balaban J connectivity index is 2.19. The molecule has 0 heterocycles. The van der Waals surface area contributed by atoms with Crippen molar-refractivity contribution in [2.24, 2.45) is 0 Å². The van der Waals surface area contributed by atoms with Crippen LogP contribution in [-0.4, -0.2) is 13.1 Å². The second-order valence-corrected chi connectivity index (χ2v) is 5.16. The van der Waals surface area contributed by atoms with Crippen molar-refractivity contribution in [1.29, 1.82) is 0 Å². The molecule has 0 aliphatic heterocycles. The van der Waals surface area contributed by atoms with Crippen molar-refractivity contribution in [2.75, 3.05) is 7.11 Å². The number of halogens is 2. The molecular formula is C16H11BrFNO3. The van der Waals surface area contributed by atoms with Crippen LogP contribution in [0.1, 0.15) is 15.9 Å². The first-order valence-electron chi connectivity index (χ1n) is 6.21. The second-order valence-electron chi connectivity index (χ2n) is 4.31. The van der Waals surface area contributed by atoms with Crippen molar-refractivity contribution in [1.82, 2.24) is 0 Å². The van der Waals surface area contributed by atoms with E-state index >= 15 is 0 Å². The number of hydrogen-bond acceptors (Lipinski definition) is 3. The summed E-state index contributed by atoms with van der Waals surface area (Å²) in [5.41, 5.74) is 1.09. The van der Waals surface area contributed by atoms with Crippen LogP contribution in [0.2, 0.25) is 0 Å². The Morgan fingerprint density at radius 2 is 2.09 bits per heavy atom. The lowest BCUT2D eigenvalue weighted by atomic mass is 10.2. The Bertz CT molecular complexity index is 756. The highest BCUT2D eigenvalue weighted by atomic mass is 79.9. The molecule has 0 atom stereocenters. The second kappa shape index (κ2) is 7.05. The normalized spacial score (nSPS) is 9.91. The predicted molar refractivity (Wildman–Crippen MR) is 82.5 cm³/mol. The molecule has 0 bridgehead atoms. The van der Waals surface area contributed by atoms with Crippen LogP contribution in [0.4, 0.5) is 10.1 Å². The summed E-state index contributed by atoms with van der Waals surface area (Å²) in [4.78, 5) is 14.8. The molecule has 112 valence electrons. The maximum Gasteiger partial charge on any atom is 0.340 e. The molecular weight excluding hydrogens is 353 g/mol. The third-order valence-electron chi connectivity index (χ3n) is 2.90. The molecule has 0 unspecified atom stereocenters. The molecule has 0 spiro atoms. The molecule has 2 aromatic rings. The van der Waals surface area contributed by atoms with Gasteiger partial charge < -0.3 is 9.47 Å². The van der Waals surface area contributed by atoms with Crippen LogP contribution in [0.5, 0.6) is 5.75 Å². The first kappa shape index (κ1) is 16.0. The molecule has 0 aliphatic rings. The van der Waals surface area contributed by atoms with Crippen molar-refractivity contribution in [3.8, 4) is 5.75 Å². The first-order chi connectivity index (χ1) is 10.5. The molecule has 0 N–H and O–H groups in total. The summed E-state index contributed by atoms with van der Waals surface area (Å²) in [5, 5.41) is 0. The van der Waals surface area contributed by atoms with Crippen molar-refractivity contribution >= 4 is 27.6 Å². The summed E-state index contributed by atoms with van der Waals surface area (Å²) in [5.74, 6) is -1.10. The zero-order valence-electron chi connectivity index (χ0n) is 11.6. The molecule has 4 nitrogen and oxygen atoms in total. The van der Waals surface area contributed by atoms with E-state index in [4.69, 9.17) is 11.3 Å². The lowest BCUT2D eigenvalue weighted by Gasteiger charge is -2.10. The number of nitrogens with zero attached hydrogens (tertiary/aromatic N) is 1. The topological polar surface area (TPSA) is 39.9 Å². The Labute approximate surface area is 135 Å². The van der Waals surface area contributed by atoms with Crippen molar-refractivity contribution < 1.29 is 18.7 Å². The van der Waals surface area contributed by atoms with Gasteiger partial charge >= 0.3 is 5.97 Å². The first-order valence-corrected chi connectivity index (χ1v) is 7.01. The van der Waals surface area contributed by atoms with Gasteiger partial charge in [-0.1, -0.05) is 28.1 Å². The number of carbonyl (C=O) groups excluding carboxylic acids is 1. The largest absolute Gasteiger partial charge is 0.489 e. The van der Waals surface area contributed by atoms with Crippen LogP contribution in [0.15, 0.2) is 40.9 Å². The van der Waals surface area contributed by atoms with Gasteiger partial charge in [-0.05, 0) is 29.8 Å². The summed E-state index contributed by atoms with van der Waals surface area (Å²) in [6.45, 7) is 7.18. The van der Waals surface area contributed by atoms with Gasteiger partial charge in [-0.25, -0.2) is 14.0 Å². The van der Waals surface area contributed by atoms with E-state index in [1.807, 2.05) is 0 Å². The summed E-state index contributed by atoms with van der Waals surface area (Å²) >= 11 is 3.38. The third kappa shape index (κ3) is 3.62. The fourth-order valence-corrected chi connectivity index (χ4v) is 2.12. The van der Waals surface area contributed by atoms with Gasteiger partial charge in [0, 0.05) is 4.47 Å². The van der Waals surface area contributed by atoms with Crippen LogP contribution in [0, 0.1) is 12.4 Å². The van der Waals surface area contributed by atoms with Gasteiger partial charge in [0.15, 0.2) is 5.69 Å². The fourth-order valence-electron chi connectivity index (χ4n) is 1.76. The maximum absolute atomic E-state index is 13.5. The highest BCUT2D eigenvalue weighted by Gasteiger charge is 2.13. The monoisotopic (exact) mass is 363 g/mol. The number of ether oxygens (including phenoxy) is 2. The number of methoxy groups -OCH3 is 1. The number of rotatable bonds is 4. The minimum absolute atomic E-state index is 0.177. The van der Waals surface area contributed by atoms with Gasteiger partial charge in [0.1, 0.15) is 18.2 Å². The Morgan fingerprint density at radius 1 is 1.32 bits per heavy atom. The van der Waals surface area contributed by atoms with Crippen molar-refractivity contribution in [2.45, 2.75) is 6.61 Å². The molecule has 6 heteroatoms. The average molecular weight is 364 g/mol. The highest BCUT2D eigenvalue weighted by Crippen LogP contribution is 2.25. The zero-order valence-corrected chi connectivity index (χ0v) is 13.2. The molecule has 0 radical (unpaired) electrons. The zero-order chi connectivity index (χ0) is 16.1. The predicted octanol–water partition coefficient (Wildman–Crippen LogP) is 4.50. The van der Waals surface area contributed by atoms with Gasteiger partial charge in [-0.15, -0.1) is 0 Å². The van der Waals surface area contributed by atoms with Gasteiger partial charge in [-0.2, -0.15) is 0 Å². The van der Waals surface area contributed by atoms with Crippen molar-refractivity contribution in [3.05, 3.63) is 69.2 Å². The van der Waals surface area contributed by atoms with Crippen LogP contribution < -0.4 is 4.74 Å². The number of benzene rings is 2. The summed E-state index contributed by atoms with van der Waals surface area (Å²) < 4.78 is 24.4. The van der Waals surface area contributed by atoms with Crippen LogP contribution in [0.3, 0.4) is 0 Å². The van der Waals surface area contributed by atoms with Crippen LogP contribution in [0.25, 0.3) is 4.85 Å². The SMILES string of the molecule is [C-]#[N+]c1ccc(Br)c(COc2ccc(F)c(C(=O)OC)c2)c1. The van der Waals surface area contributed by atoms with E-state index in [0.29, 0.717) is 11.4 Å². The molecule has 0 amide bonds. The molecule has 0 saturated carbocycles. The van der Waals surface area contributed by atoms with E-state index in [1.54, 1.807) is 18.2 Å². The lowest BCUT2D eigenvalue weighted by molar-refractivity contribution is 0.0595. The number of esters is 1. The number of hydrogen-bond donors (Lipinski definition) is 0. The highest BCUT2D eigenvalue weighted by molar-refractivity contribution is 9.10.